The van der Waals surface area contributed by atoms with E-state index >= 15 is 0 Å². The molecule has 1 atom stereocenters. The fourth-order valence-electron chi connectivity index (χ4n) is 2.07. The molecule has 1 unspecified atom stereocenters. The van der Waals surface area contributed by atoms with Crippen LogP contribution in [-0.4, -0.2) is 10.2 Å². The molecule has 5 heteroatoms. The molecule has 2 aromatic carbocycles. The summed E-state index contributed by atoms with van der Waals surface area (Å²) in [7, 11) is 0. The second-order valence-electron chi connectivity index (χ2n) is 4.78. The van der Waals surface area contributed by atoms with E-state index in [1.54, 1.807) is 0 Å². The zero-order valence-electron chi connectivity index (χ0n) is 12.1. The Hall–Kier alpha value is -2.14. The Morgan fingerprint density at radius 3 is 2.64 bits per heavy atom. The lowest BCUT2D eigenvalue weighted by Gasteiger charge is -2.13. The third-order valence-corrected chi connectivity index (χ3v) is 3.67. The third-order valence-electron chi connectivity index (χ3n) is 3.18. The molecule has 3 rings (SSSR count). The van der Waals surface area contributed by atoms with E-state index in [4.69, 9.17) is 9.15 Å². The van der Waals surface area contributed by atoms with Gasteiger partial charge in [0.2, 0.25) is 5.89 Å². The van der Waals surface area contributed by atoms with Crippen LogP contribution in [0.4, 0.5) is 0 Å². The molecule has 0 aliphatic rings. The minimum absolute atomic E-state index is 0.254. The molecule has 112 valence electrons. The van der Waals surface area contributed by atoms with Gasteiger partial charge < -0.3 is 9.15 Å². The van der Waals surface area contributed by atoms with Crippen molar-refractivity contribution in [1.29, 1.82) is 0 Å². The maximum absolute atomic E-state index is 5.92. The number of hydrogen-bond acceptors (Lipinski definition) is 4. The van der Waals surface area contributed by atoms with Crippen LogP contribution < -0.4 is 4.74 Å². The van der Waals surface area contributed by atoms with Gasteiger partial charge in [0, 0.05) is 10.0 Å². The molecule has 3 aromatic rings. The number of para-hydroxylation sites is 1. The van der Waals surface area contributed by atoms with Gasteiger partial charge in [0.1, 0.15) is 5.75 Å². The summed E-state index contributed by atoms with van der Waals surface area (Å²) in [6, 6.07) is 17.4. The highest BCUT2D eigenvalue weighted by Crippen LogP contribution is 2.27. The normalized spacial score (nSPS) is 12.1. The molecule has 0 fully saturated rings. The Labute approximate surface area is 137 Å². The zero-order chi connectivity index (χ0) is 15.4. The van der Waals surface area contributed by atoms with E-state index in [1.807, 2.05) is 61.5 Å². The molecule has 1 aromatic heterocycles. The van der Waals surface area contributed by atoms with Crippen LogP contribution in [0.2, 0.25) is 0 Å². The molecule has 1 heterocycles. The van der Waals surface area contributed by atoms with Crippen molar-refractivity contribution in [1.82, 2.24) is 10.2 Å². The first-order valence-corrected chi connectivity index (χ1v) is 7.86. The Morgan fingerprint density at radius 2 is 1.91 bits per heavy atom. The number of halogens is 1. The maximum atomic E-state index is 5.92. The largest absolute Gasteiger partial charge is 0.481 e. The van der Waals surface area contributed by atoms with Crippen LogP contribution >= 0.6 is 15.9 Å². The summed E-state index contributed by atoms with van der Waals surface area (Å²) >= 11 is 3.44. The topological polar surface area (TPSA) is 48.2 Å². The van der Waals surface area contributed by atoms with E-state index in [9.17, 15) is 0 Å². The van der Waals surface area contributed by atoms with Gasteiger partial charge in [-0.15, -0.1) is 10.2 Å². The van der Waals surface area contributed by atoms with Gasteiger partial charge in [0.15, 0.2) is 6.10 Å². The Morgan fingerprint density at radius 1 is 1.09 bits per heavy atom. The predicted molar refractivity (Wildman–Crippen MR) is 87.5 cm³/mol. The van der Waals surface area contributed by atoms with Crippen molar-refractivity contribution >= 4 is 15.9 Å². The van der Waals surface area contributed by atoms with Gasteiger partial charge >= 0.3 is 0 Å². The van der Waals surface area contributed by atoms with Crippen molar-refractivity contribution in [2.75, 3.05) is 0 Å². The minimum atomic E-state index is -0.254. The summed E-state index contributed by atoms with van der Waals surface area (Å²) in [6.45, 7) is 2.02. The van der Waals surface area contributed by atoms with Gasteiger partial charge in [0.05, 0.1) is 0 Å². The fourth-order valence-corrected chi connectivity index (χ4v) is 2.47. The SMILES string of the molecule is CCC(Oc1ccccc1)c1nnc(-c2cccc(Br)c2)o1. The molecule has 22 heavy (non-hydrogen) atoms. The summed E-state index contributed by atoms with van der Waals surface area (Å²) in [5.74, 6) is 1.77. The molecule has 0 spiro atoms. The number of rotatable bonds is 5. The molecule has 0 radical (unpaired) electrons. The Bertz CT molecular complexity index is 743. The van der Waals surface area contributed by atoms with Gasteiger partial charge in [-0.3, -0.25) is 0 Å². The van der Waals surface area contributed by atoms with Crippen molar-refractivity contribution in [3.63, 3.8) is 0 Å². The molecule has 0 N–H and O–H groups in total. The van der Waals surface area contributed by atoms with E-state index in [0.29, 0.717) is 11.8 Å². The van der Waals surface area contributed by atoms with Crippen LogP contribution in [0.3, 0.4) is 0 Å². The Kier molecular flexibility index (Phi) is 4.53. The lowest BCUT2D eigenvalue weighted by atomic mass is 10.2. The fraction of sp³-hybridized carbons (Fsp3) is 0.176. The van der Waals surface area contributed by atoms with Crippen molar-refractivity contribution < 1.29 is 9.15 Å². The van der Waals surface area contributed by atoms with Crippen LogP contribution in [-0.2, 0) is 0 Å². The predicted octanol–water partition coefficient (Wildman–Crippen LogP) is 5.03. The lowest BCUT2D eigenvalue weighted by molar-refractivity contribution is 0.166. The monoisotopic (exact) mass is 358 g/mol. The number of hydrogen-bond donors (Lipinski definition) is 0. The quantitative estimate of drug-likeness (QED) is 0.641. The second kappa shape index (κ2) is 6.75. The summed E-state index contributed by atoms with van der Waals surface area (Å²) < 4.78 is 12.7. The third kappa shape index (κ3) is 3.36. The molecule has 4 nitrogen and oxygen atoms in total. The first-order valence-electron chi connectivity index (χ1n) is 7.07. The van der Waals surface area contributed by atoms with Crippen LogP contribution in [0, 0.1) is 0 Å². The lowest BCUT2D eigenvalue weighted by Crippen LogP contribution is -2.06. The Balaban J connectivity index is 1.82. The molecule has 0 saturated heterocycles. The van der Waals surface area contributed by atoms with Crippen LogP contribution in [0.25, 0.3) is 11.5 Å². The molecule has 0 aliphatic carbocycles. The number of aromatic nitrogens is 2. The summed E-state index contributed by atoms with van der Waals surface area (Å²) in [4.78, 5) is 0. The van der Waals surface area contributed by atoms with Crippen molar-refractivity contribution in [2.45, 2.75) is 19.4 Å². The molecular formula is C17H15BrN2O2. The summed E-state index contributed by atoms with van der Waals surface area (Å²) in [6.07, 6.45) is 0.491. The number of benzene rings is 2. The summed E-state index contributed by atoms with van der Waals surface area (Å²) in [5, 5.41) is 8.25. The second-order valence-corrected chi connectivity index (χ2v) is 5.70. The standard InChI is InChI=1S/C17H15BrN2O2/c1-2-15(21-14-9-4-3-5-10-14)17-20-19-16(22-17)12-7-6-8-13(18)11-12/h3-11,15H,2H2,1H3. The molecule has 0 bridgehead atoms. The molecule has 0 saturated carbocycles. The van der Waals surface area contributed by atoms with Gasteiger partial charge in [-0.2, -0.15) is 0 Å². The zero-order valence-corrected chi connectivity index (χ0v) is 13.7. The van der Waals surface area contributed by atoms with E-state index in [0.717, 1.165) is 22.2 Å². The van der Waals surface area contributed by atoms with Gasteiger partial charge in [0.25, 0.3) is 5.89 Å². The minimum Gasteiger partial charge on any atom is -0.481 e. The average Bonchev–Trinajstić information content (AvgIpc) is 3.03. The highest BCUT2D eigenvalue weighted by molar-refractivity contribution is 9.10. The summed E-state index contributed by atoms with van der Waals surface area (Å²) in [5.41, 5.74) is 0.877. The molecule has 0 amide bonds. The van der Waals surface area contributed by atoms with Crippen LogP contribution in [0.5, 0.6) is 5.75 Å². The first kappa shape index (κ1) is 14.8. The number of ether oxygens (including phenoxy) is 1. The maximum Gasteiger partial charge on any atom is 0.257 e. The van der Waals surface area contributed by atoms with Crippen LogP contribution in [0.15, 0.2) is 63.5 Å². The first-order chi connectivity index (χ1) is 10.8. The highest BCUT2D eigenvalue weighted by Gasteiger charge is 2.19. The van der Waals surface area contributed by atoms with Crippen molar-refractivity contribution in [3.8, 4) is 17.2 Å². The van der Waals surface area contributed by atoms with E-state index in [2.05, 4.69) is 26.1 Å². The van der Waals surface area contributed by atoms with E-state index in [1.165, 1.54) is 0 Å². The van der Waals surface area contributed by atoms with Gasteiger partial charge in [-0.25, -0.2) is 0 Å². The smallest absolute Gasteiger partial charge is 0.257 e. The van der Waals surface area contributed by atoms with Crippen molar-refractivity contribution in [3.05, 3.63) is 65.0 Å². The highest BCUT2D eigenvalue weighted by atomic mass is 79.9. The van der Waals surface area contributed by atoms with E-state index in [-0.39, 0.29) is 6.10 Å². The van der Waals surface area contributed by atoms with E-state index < -0.39 is 0 Å². The van der Waals surface area contributed by atoms with Crippen LogP contribution in [0.1, 0.15) is 25.3 Å². The van der Waals surface area contributed by atoms with Crippen molar-refractivity contribution in [2.24, 2.45) is 0 Å². The van der Waals surface area contributed by atoms with Gasteiger partial charge in [-0.05, 0) is 36.8 Å². The molecule has 0 aliphatic heterocycles. The molecular weight excluding hydrogens is 344 g/mol. The van der Waals surface area contributed by atoms with Gasteiger partial charge in [-0.1, -0.05) is 47.1 Å². The number of nitrogens with zero attached hydrogens (tertiary/aromatic N) is 2. The average molecular weight is 359 g/mol.